The lowest BCUT2D eigenvalue weighted by molar-refractivity contribution is 0.239. The third-order valence-corrected chi connectivity index (χ3v) is 0.986. The Hall–Kier alpha value is -0.500. The lowest BCUT2D eigenvalue weighted by atomic mass is 10.1. The Morgan fingerprint density at radius 3 is 2.75 bits per heavy atom. The van der Waals surface area contributed by atoms with Crippen molar-refractivity contribution < 1.29 is 5.11 Å². The second-order valence-electron chi connectivity index (χ2n) is 1.95. The maximum atomic E-state index is 8.49. The minimum absolute atomic E-state index is 0.240. The van der Waals surface area contributed by atoms with E-state index in [1.165, 1.54) is 6.20 Å². The predicted molar refractivity (Wildman–Crippen MR) is 34.2 cm³/mol. The van der Waals surface area contributed by atoms with E-state index in [1.807, 2.05) is 13.0 Å². The molecule has 0 rings (SSSR count). The van der Waals surface area contributed by atoms with Crippen LogP contribution in [0.3, 0.4) is 0 Å². The van der Waals surface area contributed by atoms with Crippen LogP contribution in [0.25, 0.3) is 0 Å². The van der Waals surface area contributed by atoms with Gasteiger partial charge in [0.1, 0.15) is 0 Å². The van der Waals surface area contributed by atoms with Crippen molar-refractivity contribution >= 4 is 0 Å². The van der Waals surface area contributed by atoms with Gasteiger partial charge in [-0.1, -0.05) is 13.0 Å². The Bertz CT molecular complexity index is 70.9. The van der Waals surface area contributed by atoms with Gasteiger partial charge in [-0.3, -0.25) is 0 Å². The third-order valence-electron chi connectivity index (χ3n) is 0.986. The number of nitrogens with two attached hydrogens (primary N) is 1. The first kappa shape index (κ1) is 7.50. The van der Waals surface area contributed by atoms with E-state index in [4.69, 9.17) is 10.8 Å². The van der Waals surface area contributed by atoms with Gasteiger partial charge in [0, 0.05) is 6.61 Å². The van der Waals surface area contributed by atoms with Gasteiger partial charge in [0.05, 0.1) is 0 Å². The summed E-state index contributed by atoms with van der Waals surface area (Å²) in [6, 6.07) is 0. The van der Waals surface area contributed by atoms with Crippen molar-refractivity contribution in [3.63, 3.8) is 0 Å². The van der Waals surface area contributed by atoms with Crippen LogP contribution in [0.5, 0.6) is 0 Å². The molecule has 1 atom stereocenters. The molecule has 0 heterocycles. The summed E-state index contributed by atoms with van der Waals surface area (Å²) in [4.78, 5) is 0. The number of hydrogen-bond acceptors (Lipinski definition) is 2. The number of aliphatic hydroxyl groups is 1. The van der Waals surface area contributed by atoms with Crippen LogP contribution in [-0.4, -0.2) is 11.7 Å². The number of rotatable bonds is 3. The predicted octanol–water partition coefficient (Wildman–Crippen LogP) is 0.477. The second kappa shape index (κ2) is 4.65. The van der Waals surface area contributed by atoms with Gasteiger partial charge in [0.2, 0.25) is 0 Å². The minimum Gasteiger partial charge on any atom is -0.405 e. The van der Waals surface area contributed by atoms with Crippen molar-refractivity contribution in [2.24, 2.45) is 11.7 Å². The maximum absolute atomic E-state index is 8.49. The van der Waals surface area contributed by atoms with Crippen LogP contribution < -0.4 is 5.73 Å². The molecule has 0 bridgehead atoms. The zero-order chi connectivity index (χ0) is 6.41. The third kappa shape index (κ3) is 3.68. The largest absolute Gasteiger partial charge is 0.405 e. The first-order valence-corrected chi connectivity index (χ1v) is 2.78. The molecule has 0 aromatic heterocycles. The normalized spacial score (nSPS) is 14.8. The van der Waals surface area contributed by atoms with Crippen molar-refractivity contribution in [2.45, 2.75) is 13.3 Å². The number of aliphatic hydroxyl groups excluding tert-OH is 1. The SMILES string of the molecule is CC(CO)C/C=C\N. The molecule has 0 spiro atoms. The van der Waals surface area contributed by atoms with Crippen LogP contribution in [0, 0.1) is 5.92 Å². The molecule has 0 aliphatic rings. The summed E-state index contributed by atoms with van der Waals surface area (Å²) in [6.07, 6.45) is 4.22. The summed E-state index contributed by atoms with van der Waals surface area (Å²) in [5.41, 5.74) is 5.07. The first-order chi connectivity index (χ1) is 3.81. The van der Waals surface area contributed by atoms with Crippen LogP contribution in [0.15, 0.2) is 12.3 Å². The van der Waals surface area contributed by atoms with Gasteiger partial charge in [-0.05, 0) is 18.5 Å². The van der Waals surface area contributed by atoms with Gasteiger partial charge in [-0.25, -0.2) is 0 Å². The lowest BCUT2D eigenvalue weighted by Gasteiger charge is -1.99. The maximum Gasteiger partial charge on any atom is 0.0459 e. The smallest absolute Gasteiger partial charge is 0.0459 e. The first-order valence-electron chi connectivity index (χ1n) is 2.78. The number of allylic oxidation sites excluding steroid dienone is 1. The fraction of sp³-hybridized carbons (Fsp3) is 0.667. The Morgan fingerprint density at radius 2 is 2.38 bits per heavy atom. The Balaban J connectivity index is 3.10. The van der Waals surface area contributed by atoms with E-state index in [2.05, 4.69) is 0 Å². The summed E-state index contributed by atoms with van der Waals surface area (Å²) in [5.74, 6) is 0.342. The summed E-state index contributed by atoms with van der Waals surface area (Å²) in [7, 11) is 0. The van der Waals surface area contributed by atoms with Crippen molar-refractivity contribution in [3.05, 3.63) is 12.3 Å². The second-order valence-corrected chi connectivity index (χ2v) is 1.95. The molecule has 3 N–H and O–H groups in total. The highest BCUT2D eigenvalue weighted by Gasteiger charge is 1.92. The lowest BCUT2D eigenvalue weighted by Crippen LogP contribution is -1.98. The van der Waals surface area contributed by atoms with Gasteiger partial charge in [-0.15, -0.1) is 0 Å². The Labute approximate surface area is 50.0 Å². The summed E-state index contributed by atoms with van der Waals surface area (Å²) in [5, 5.41) is 8.49. The van der Waals surface area contributed by atoms with Crippen molar-refractivity contribution in [1.29, 1.82) is 0 Å². The molecule has 0 fully saturated rings. The van der Waals surface area contributed by atoms with Gasteiger partial charge >= 0.3 is 0 Å². The van der Waals surface area contributed by atoms with Crippen molar-refractivity contribution in [2.75, 3.05) is 6.61 Å². The average molecular weight is 115 g/mol. The average Bonchev–Trinajstić information content (AvgIpc) is 1.83. The van der Waals surface area contributed by atoms with Gasteiger partial charge in [0.15, 0.2) is 0 Å². The monoisotopic (exact) mass is 115 g/mol. The van der Waals surface area contributed by atoms with E-state index in [9.17, 15) is 0 Å². The van der Waals surface area contributed by atoms with Gasteiger partial charge in [-0.2, -0.15) is 0 Å². The zero-order valence-electron chi connectivity index (χ0n) is 5.17. The van der Waals surface area contributed by atoms with Crippen LogP contribution in [-0.2, 0) is 0 Å². The van der Waals surface area contributed by atoms with Crippen LogP contribution in [0.4, 0.5) is 0 Å². The van der Waals surface area contributed by atoms with Crippen LogP contribution >= 0.6 is 0 Å². The summed E-state index contributed by atoms with van der Waals surface area (Å²) in [6.45, 7) is 2.21. The quantitative estimate of drug-likeness (QED) is 0.562. The topological polar surface area (TPSA) is 46.2 Å². The molecule has 0 radical (unpaired) electrons. The molecule has 0 aliphatic heterocycles. The van der Waals surface area contributed by atoms with Crippen LogP contribution in [0.2, 0.25) is 0 Å². The molecule has 0 aromatic rings. The molecule has 1 unspecified atom stereocenters. The van der Waals surface area contributed by atoms with Gasteiger partial charge < -0.3 is 10.8 Å². The summed E-state index contributed by atoms with van der Waals surface area (Å²) >= 11 is 0. The van der Waals surface area contributed by atoms with E-state index >= 15 is 0 Å². The molecule has 0 saturated carbocycles. The van der Waals surface area contributed by atoms with Crippen molar-refractivity contribution in [3.8, 4) is 0 Å². The molecule has 2 heteroatoms. The Morgan fingerprint density at radius 1 is 1.75 bits per heavy atom. The highest BCUT2D eigenvalue weighted by Crippen LogP contribution is 1.98. The molecule has 0 aromatic carbocycles. The van der Waals surface area contributed by atoms with Crippen LogP contribution in [0.1, 0.15) is 13.3 Å². The van der Waals surface area contributed by atoms with E-state index in [0.29, 0.717) is 5.92 Å². The molecule has 48 valence electrons. The molecule has 0 saturated heterocycles. The zero-order valence-corrected chi connectivity index (χ0v) is 5.17. The van der Waals surface area contributed by atoms with E-state index in [-0.39, 0.29) is 6.61 Å². The number of hydrogen-bond donors (Lipinski definition) is 2. The standard InChI is InChI=1S/C6H13NO/c1-6(5-8)3-2-4-7/h2,4,6,8H,3,5,7H2,1H3/b4-2-. The fourth-order valence-corrected chi connectivity index (χ4v) is 0.385. The highest BCUT2D eigenvalue weighted by atomic mass is 16.3. The van der Waals surface area contributed by atoms with Crippen molar-refractivity contribution in [1.82, 2.24) is 0 Å². The van der Waals surface area contributed by atoms with E-state index in [1.54, 1.807) is 0 Å². The molecular formula is C6H13NO. The summed E-state index contributed by atoms with van der Waals surface area (Å²) < 4.78 is 0. The highest BCUT2D eigenvalue weighted by molar-refractivity contribution is 4.77. The molecule has 0 amide bonds. The molecular weight excluding hydrogens is 102 g/mol. The minimum atomic E-state index is 0.240. The fourth-order valence-electron chi connectivity index (χ4n) is 0.385. The Kier molecular flexibility index (Phi) is 4.36. The molecule has 2 nitrogen and oxygen atoms in total. The molecule has 8 heavy (non-hydrogen) atoms. The van der Waals surface area contributed by atoms with Gasteiger partial charge in [0.25, 0.3) is 0 Å². The van der Waals surface area contributed by atoms with E-state index < -0.39 is 0 Å². The molecule has 0 aliphatic carbocycles. The van der Waals surface area contributed by atoms with E-state index in [0.717, 1.165) is 6.42 Å².